The first-order chi connectivity index (χ1) is 6.70. The van der Waals surface area contributed by atoms with Crippen molar-refractivity contribution in [1.29, 1.82) is 0 Å². The fourth-order valence-corrected chi connectivity index (χ4v) is 1.39. The Bertz CT molecular complexity index is 369. The van der Waals surface area contributed by atoms with E-state index in [1.807, 2.05) is 6.07 Å². The van der Waals surface area contributed by atoms with Crippen molar-refractivity contribution in [3.8, 4) is 0 Å². The van der Waals surface area contributed by atoms with E-state index in [0.29, 0.717) is 5.56 Å². The Kier molecular flexibility index (Phi) is 2.17. The summed E-state index contributed by atoms with van der Waals surface area (Å²) >= 11 is 0. The number of carbonyl (C=O) groups is 2. The Morgan fingerprint density at radius 1 is 1.14 bits per heavy atom. The van der Waals surface area contributed by atoms with Crippen molar-refractivity contribution in [3.63, 3.8) is 0 Å². The van der Waals surface area contributed by atoms with Crippen molar-refractivity contribution in [2.75, 3.05) is 0 Å². The van der Waals surface area contributed by atoms with Crippen LogP contribution in [0.5, 0.6) is 0 Å². The largest absolute Gasteiger partial charge is 0.353 e. The van der Waals surface area contributed by atoms with Gasteiger partial charge in [0.2, 0.25) is 0 Å². The van der Waals surface area contributed by atoms with Gasteiger partial charge in [-0.3, -0.25) is 9.59 Å². The summed E-state index contributed by atoms with van der Waals surface area (Å²) in [5.41, 5.74) is 0.598. The van der Waals surface area contributed by atoms with E-state index < -0.39 is 12.2 Å². The number of hydrogen-bond donors (Lipinski definition) is 0. The lowest BCUT2D eigenvalue weighted by Gasteiger charge is -1.94. The maximum absolute atomic E-state index is 11.6. The van der Waals surface area contributed by atoms with E-state index in [1.165, 1.54) is 6.92 Å². The highest BCUT2D eigenvalue weighted by atomic mass is 16.6. The fraction of sp³-hybridized carbons (Fsp3) is 0.273. The minimum atomic E-state index is -0.546. The molecular weight excluding hydrogens is 180 g/mol. The molecule has 0 radical (unpaired) electrons. The number of hydrogen-bond acceptors (Lipinski definition) is 3. The maximum atomic E-state index is 11.6. The van der Waals surface area contributed by atoms with Crippen LogP contribution in [0.3, 0.4) is 0 Å². The monoisotopic (exact) mass is 190 g/mol. The molecule has 3 heteroatoms. The van der Waals surface area contributed by atoms with Gasteiger partial charge in [-0.05, 0) is 6.92 Å². The maximum Gasteiger partial charge on any atom is 0.194 e. The third-order valence-corrected chi connectivity index (χ3v) is 2.21. The molecule has 1 aromatic carbocycles. The Labute approximate surface area is 81.7 Å². The van der Waals surface area contributed by atoms with E-state index >= 15 is 0 Å². The standard InChI is InChI=1S/C11H10O3/c1-7(12)10-11(14-10)9(13)8-5-3-2-4-6-8/h2-6,10-11H,1H3/t10-,11-/m1/s1. The molecule has 1 aromatic rings. The molecule has 72 valence electrons. The van der Waals surface area contributed by atoms with Gasteiger partial charge in [-0.15, -0.1) is 0 Å². The predicted octanol–water partition coefficient (Wildman–Crippen LogP) is 1.23. The van der Waals surface area contributed by atoms with Gasteiger partial charge in [0.25, 0.3) is 0 Å². The third-order valence-electron chi connectivity index (χ3n) is 2.21. The molecule has 0 amide bonds. The SMILES string of the molecule is CC(=O)[C@H]1O[C@@H]1C(=O)c1ccccc1. The summed E-state index contributed by atoms with van der Waals surface area (Å²) in [4.78, 5) is 22.5. The van der Waals surface area contributed by atoms with Crippen LogP contribution in [0.4, 0.5) is 0 Å². The minimum absolute atomic E-state index is 0.0840. The molecule has 1 heterocycles. The number of carbonyl (C=O) groups excluding carboxylic acids is 2. The van der Waals surface area contributed by atoms with Gasteiger partial charge in [0.1, 0.15) is 0 Å². The van der Waals surface area contributed by atoms with Gasteiger partial charge < -0.3 is 4.74 Å². The summed E-state index contributed by atoms with van der Waals surface area (Å²) < 4.78 is 5.00. The Hall–Kier alpha value is -1.48. The van der Waals surface area contributed by atoms with E-state index in [9.17, 15) is 9.59 Å². The lowest BCUT2D eigenvalue weighted by Crippen LogP contribution is -2.14. The number of rotatable bonds is 3. The summed E-state index contributed by atoms with van der Waals surface area (Å²) in [6.45, 7) is 1.43. The summed E-state index contributed by atoms with van der Waals surface area (Å²) in [6.07, 6.45) is -1.06. The second-order valence-electron chi connectivity index (χ2n) is 3.32. The molecule has 0 bridgehead atoms. The molecule has 0 aliphatic carbocycles. The van der Waals surface area contributed by atoms with Crippen molar-refractivity contribution < 1.29 is 14.3 Å². The van der Waals surface area contributed by atoms with Crippen LogP contribution in [-0.2, 0) is 9.53 Å². The number of Topliss-reactive ketones (excluding diaryl/α,β-unsaturated/α-hetero) is 2. The van der Waals surface area contributed by atoms with Gasteiger partial charge in [-0.2, -0.15) is 0 Å². The second kappa shape index (κ2) is 3.35. The molecule has 1 aliphatic rings. The average molecular weight is 190 g/mol. The lowest BCUT2D eigenvalue weighted by atomic mass is 10.1. The Balaban J connectivity index is 2.09. The first-order valence-electron chi connectivity index (χ1n) is 4.45. The van der Waals surface area contributed by atoms with Crippen LogP contribution in [0.2, 0.25) is 0 Å². The highest BCUT2D eigenvalue weighted by Gasteiger charge is 2.48. The van der Waals surface area contributed by atoms with Gasteiger partial charge in [-0.1, -0.05) is 30.3 Å². The zero-order chi connectivity index (χ0) is 10.1. The summed E-state index contributed by atoms with van der Waals surface area (Å²) in [7, 11) is 0. The van der Waals surface area contributed by atoms with Crippen molar-refractivity contribution in [2.24, 2.45) is 0 Å². The summed E-state index contributed by atoms with van der Waals surface area (Å²) in [6, 6.07) is 8.87. The smallest absolute Gasteiger partial charge is 0.194 e. The average Bonchev–Trinajstić information content (AvgIpc) is 2.97. The molecule has 0 saturated carbocycles. The topological polar surface area (TPSA) is 46.7 Å². The van der Waals surface area contributed by atoms with E-state index in [4.69, 9.17) is 4.74 Å². The van der Waals surface area contributed by atoms with E-state index in [1.54, 1.807) is 24.3 Å². The molecule has 1 aliphatic heterocycles. The Morgan fingerprint density at radius 3 is 2.29 bits per heavy atom. The van der Waals surface area contributed by atoms with E-state index in [2.05, 4.69) is 0 Å². The predicted molar refractivity (Wildman–Crippen MR) is 50.1 cm³/mol. The molecular formula is C11H10O3. The molecule has 2 rings (SSSR count). The van der Waals surface area contributed by atoms with Gasteiger partial charge in [0.15, 0.2) is 23.8 Å². The molecule has 1 fully saturated rings. The summed E-state index contributed by atoms with van der Waals surface area (Å²) in [5, 5.41) is 0. The molecule has 1 saturated heterocycles. The van der Waals surface area contributed by atoms with Gasteiger partial charge in [0.05, 0.1) is 0 Å². The van der Waals surface area contributed by atoms with Crippen molar-refractivity contribution in [1.82, 2.24) is 0 Å². The summed E-state index contributed by atoms with van der Waals surface area (Å²) in [5.74, 6) is -0.190. The number of ketones is 2. The number of benzene rings is 1. The zero-order valence-corrected chi connectivity index (χ0v) is 7.77. The van der Waals surface area contributed by atoms with Crippen LogP contribution in [0.1, 0.15) is 17.3 Å². The molecule has 0 unspecified atom stereocenters. The number of ether oxygens (including phenoxy) is 1. The van der Waals surface area contributed by atoms with Gasteiger partial charge >= 0.3 is 0 Å². The van der Waals surface area contributed by atoms with Crippen LogP contribution < -0.4 is 0 Å². The molecule has 3 nitrogen and oxygen atoms in total. The molecule has 2 atom stereocenters. The minimum Gasteiger partial charge on any atom is -0.353 e. The second-order valence-corrected chi connectivity index (χ2v) is 3.32. The highest BCUT2D eigenvalue weighted by molar-refractivity contribution is 6.05. The quantitative estimate of drug-likeness (QED) is 0.532. The van der Waals surface area contributed by atoms with Crippen LogP contribution >= 0.6 is 0 Å². The highest BCUT2D eigenvalue weighted by Crippen LogP contribution is 2.26. The zero-order valence-electron chi connectivity index (χ0n) is 7.77. The normalized spacial score (nSPS) is 24.4. The lowest BCUT2D eigenvalue weighted by molar-refractivity contribution is -0.118. The molecule has 0 spiro atoms. The fourth-order valence-electron chi connectivity index (χ4n) is 1.39. The van der Waals surface area contributed by atoms with Gasteiger partial charge in [0, 0.05) is 5.56 Å². The third kappa shape index (κ3) is 1.59. The van der Waals surface area contributed by atoms with Crippen molar-refractivity contribution >= 4 is 11.6 Å². The van der Waals surface area contributed by atoms with Crippen LogP contribution in [-0.4, -0.2) is 23.8 Å². The van der Waals surface area contributed by atoms with Crippen molar-refractivity contribution in [3.05, 3.63) is 35.9 Å². The molecule has 0 aromatic heterocycles. The van der Waals surface area contributed by atoms with Crippen LogP contribution in [0.15, 0.2) is 30.3 Å². The molecule has 14 heavy (non-hydrogen) atoms. The van der Waals surface area contributed by atoms with E-state index in [0.717, 1.165) is 0 Å². The number of epoxide rings is 1. The Morgan fingerprint density at radius 2 is 1.79 bits per heavy atom. The first kappa shape index (κ1) is 9.09. The van der Waals surface area contributed by atoms with Crippen LogP contribution in [0, 0.1) is 0 Å². The molecule has 0 N–H and O–H groups in total. The first-order valence-corrected chi connectivity index (χ1v) is 4.45. The van der Waals surface area contributed by atoms with Crippen LogP contribution in [0.25, 0.3) is 0 Å². The van der Waals surface area contributed by atoms with E-state index in [-0.39, 0.29) is 11.6 Å². The van der Waals surface area contributed by atoms with Gasteiger partial charge in [-0.25, -0.2) is 0 Å². The van der Waals surface area contributed by atoms with Crippen molar-refractivity contribution in [2.45, 2.75) is 19.1 Å².